The molecule has 0 aliphatic heterocycles. The summed E-state index contributed by atoms with van der Waals surface area (Å²) in [5, 5.41) is 5.37. The van der Waals surface area contributed by atoms with Crippen LogP contribution in [0.4, 0.5) is 0 Å². The summed E-state index contributed by atoms with van der Waals surface area (Å²) in [6, 6.07) is 25.7. The molecule has 0 N–H and O–H groups in total. The van der Waals surface area contributed by atoms with Gasteiger partial charge in [-0.3, -0.25) is 0 Å². The minimum atomic E-state index is 0. The zero-order valence-corrected chi connectivity index (χ0v) is 21.8. The van der Waals surface area contributed by atoms with Crippen molar-refractivity contribution in [3.05, 3.63) is 83.9 Å². The molecule has 0 fully saturated rings. The summed E-state index contributed by atoms with van der Waals surface area (Å²) < 4.78 is 0. The average molecular weight is 566 g/mol. The third kappa shape index (κ3) is 8.35. The van der Waals surface area contributed by atoms with Crippen LogP contribution in [0.25, 0.3) is 21.5 Å². The van der Waals surface area contributed by atoms with Crippen LogP contribution >= 0.6 is 0 Å². The van der Waals surface area contributed by atoms with Crippen LogP contribution < -0.4 is 24.8 Å². The predicted octanol–water partition coefficient (Wildman–Crippen LogP) is 0.527. The molecule has 4 aromatic carbocycles. The predicted molar refractivity (Wildman–Crippen MR) is 106 cm³/mol. The van der Waals surface area contributed by atoms with Crippen LogP contribution in [0, 0.1) is 13.8 Å². The molecule has 0 nitrogen and oxygen atoms in total. The van der Waals surface area contributed by atoms with E-state index >= 15 is 0 Å². The molecule has 0 aliphatic rings. The quantitative estimate of drug-likeness (QED) is 0.216. The molecule has 0 aliphatic carbocycles. The maximum Gasteiger partial charge on any atom is 4.00 e. The van der Waals surface area contributed by atoms with E-state index in [9.17, 15) is 0 Å². The molecule has 0 heterocycles. The van der Waals surface area contributed by atoms with Crippen molar-refractivity contribution in [3.63, 3.8) is 0 Å². The van der Waals surface area contributed by atoms with Crippen molar-refractivity contribution in [2.75, 3.05) is 0 Å². The number of halogens is 2. The number of benzene rings is 2. The van der Waals surface area contributed by atoms with E-state index in [1.54, 1.807) is 0 Å². The van der Waals surface area contributed by atoms with Gasteiger partial charge < -0.3 is 24.8 Å². The van der Waals surface area contributed by atoms with Crippen LogP contribution in [0.3, 0.4) is 0 Å². The Hall–Kier alpha value is -0.673. The van der Waals surface area contributed by atoms with Crippen molar-refractivity contribution in [3.8, 4) is 0 Å². The van der Waals surface area contributed by atoms with Gasteiger partial charge >= 0.3 is 25.8 Å². The Kier molecular flexibility index (Phi) is 15.2. The molecule has 0 bridgehead atoms. The first kappa shape index (κ1) is 27.5. The van der Waals surface area contributed by atoms with Gasteiger partial charge in [-0.2, -0.15) is 35.0 Å². The van der Waals surface area contributed by atoms with Crippen molar-refractivity contribution in [2.45, 2.75) is 26.9 Å². The third-order valence-electron chi connectivity index (χ3n) is 3.59. The number of hydrogen-bond acceptors (Lipinski definition) is 0. The standard InChI is InChI=1S/2C10H9.C2H6Si.2ClH.Hf/c2*1-8-5-6-9-3-2-4-10(9)7-8;1-3-2;;;/h2*2-7H,1H3;1-2H3;2*1H;/q2*-1;;;;+4/p-2. The maximum atomic E-state index is 2.20. The van der Waals surface area contributed by atoms with Gasteiger partial charge in [0.15, 0.2) is 0 Å². The number of fused-ring (bicyclic) bond motifs is 2. The Bertz CT molecular complexity index is 792. The van der Waals surface area contributed by atoms with E-state index in [1.807, 2.05) is 0 Å². The fraction of sp³-hybridized carbons (Fsp3) is 0.182. The van der Waals surface area contributed by atoms with Gasteiger partial charge in [-0.05, 0) is 13.8 Å². The van der Waals surface area contributed by atoms with Gasteiger partial charge in [-0.25, -0.2) is 0 Å². The number of rotatable bonds is 0. The van der Waals surface area contributed by atoms with Gasteiger partial charge in [-0.1, -0.05) is 24.2 Å². The Morgan fingerprint density at radius 1 is 0.654 bits per heavy atom. The topological polar surface area (TPSA) is 0 Å². The van der Waals surface area contributed by atoms with Crippen LogP contribution in [-0.2, 0) is 25.8 Å². The summed E-state index contributed by atoms with van der Waals surface area (Å²) in [6.07, 6.45) is 0. The van der Waals surface area contributed by atoms with Gasteiger partial charge in [0.05, 0.1) is 0 Å². The summed E-state index contributed by atoms with van der Waals surface area (Å²) in [7, 11) is 1.08. The molecular weight excluding hydrogens is 542 g/mol. The van der Waals surface area contributed by atoms with E-state index in [1.165, 1.54) is 32.7 Å². The zero-order valence-electron chi connectivity index (χ0n) is 15.7. The Labute approximate surface area is 191 Å². The smallest absolute Gasteiger partial charge is 1.00 e. The van der Waals surface area contributed by atoms with Gasteiger partial charge in [0.1, 0.15) is 0 Å². The van der Waals surface area contributed by atoms with Gasteiger partial charge in [0, 0.05) is 9.52 Å². The van der Waals surface area contributed by atoms with E-state index in [-0.39, 0.29) is 50.7 Å². The fourth-order valence-corrected chi connectivity index (χ4v) is 2.49. The number of aryl methyl sites for hydroxylation is 2. The second-order valence-electron chi connectivity index (χ2n) is 5.82. The maximum absolute atomic E-state index is 2.20. The van der Waals surface area contributed by atoms with Crippen molar-refractivity contribution in [2.24, 2.45) is 0 Å². The summed E-state index contributed by atoms with van der Waals surface area (Å²) in [5.41, 5.74) is 2.66. The second kappa shape index (κ2) is 14.4. The first-order chi connectivity index (χ1) is 11.1. The Morgan fingerprint density at radius 3 is 1.35 bits per heavy atom. The normalized spacial score (nSPS) is 8.77. The Balaban J connectivity index is 0. The van der Waals surface area contributed by atoms with E-state index in [4.69, 9.17) is 0 Å². The molecule has 0 spiro atoms. The van der Waals surface area contributed by atoms with Crippen molar-refractivity contribution < 1.29 is 50.7 Å². The largest absolute Gasteiger partial charge is 4.00 e. The minimum absolute atomic E-state index is 0. The number of hydrogen-bond donors (Lipinski definition) is 0. The first-order valence-corrected chi connectivity index (χ1v) is 9.96. The van der Waals surface area contributed by atoms with Crippen LogP contribution in [0.1, 0.15) is 11.1 Å². The molecule has 0 amide bonds. The molecule has 4 aromatic rings. The molecule has 4 rings (SSSR count). The van der Waals surface area contributed by atoms with Gasteiger partial charge in [-0.15, -0.1) is 59.3 Å². The fourth-order valence-electron chi connectivity index (χ4n) is 2.49. The average Bonchev–Trinajstić information content (AvgIpc) is 3.16. The molecular formula is C22H24Cl2HfSi. The molecule has 134 valence electrons. The van der Waals surface area contributed by atoms with Crippen LogP contribution in [0.2, 0.25) is 13.1 Å². The molecule has 4 heteroatoms. The molecule has 0 atom stereocenters. The van der Waals surface area contributed by atoms with Gasteiger partial charge in [0.2, 0.25) is 0 Å². The van der Waals surface area contributed by atoms with E-state index in [0.29, 0.717) is 0 Å². The second-order valence-corrected chi connectivity index (χ2v) is 6.82. The van der Waals surface area contributed by atoms with Gasteiger partial charge in [0.25, 0.3) is 0 Å². The summed E-state index contributed by atoms with van der Waals surface area (Å²) in [4.78, 5) is 0. The molecule has 0 unspecified atom stereocenters. The zero-order chi connectivity index (χ0) is 16.7. The minimum Gasteiger partial charge on any atom is -1.00 e. The molecule has 0 saturated carbocycles. The molecule has 0 aromatic heterocycles. The van der Waals surface area contributed by atoms with E-state index < -0.39 is 0 Å². The first-order valence-electron chi connectivity index (χ1n) is 7.96. The van der Waals surface area contributed by atoms with Crippen LogP contribution in [-0.4, -0.2) is 9.52 Å². The SMILES string of the molecule is C[Si]C.Cc1ccc2[cH-]ccc2c1.Cc1ccc2[cH-]ccc2c1.[Cl-].[Cl-].[Hf+4]. The third-order valence-corrected chi connectivity index (χ3v) is 3.59. The van der Waals surface area contributed by atoms with Crippen molar-refractivity contribution >= 4 is 31.1 Å². The molecule has 26 heavy (non-hydrogen) atoms. The van der Waals surface area contributed by atoms with E-state index in [2.05, 4.69) is 99.7 Å². The van der Waals surface area contributed by atoms with Crippen molar-refractivity contribution in [1.29, 1.82) is 0 Å². The summed E-state index contributed by atoms with van der Waals surface area (Å²) in [5.74, 6) is 0. The van der Waals surface area contributed by atoms with Crippen LogP contribution in [0.5, 0.6) is 0 Å². The molecule has 0 saturated heterocycles. The summed E-state index contributed by atoms with van der Waals surface area (Å²) >= 11 is 0. The summed E-state index contributed by atoms with van der Waals surface area (Å²) in [6.45, 7) is 8.54. The monoisotopic (exact) mass is 566 g/mol. The van der Waals surface area contributed by atoms with Crippen LogP contribution in [0.15, 0.2) is 72.8 Å². The van der Waals surface area contributed by atoms with E-state index in [0.717, 1.165) is 9.52 Å². The Morgan fingerprint density at radius 2 is 1.00 bits per heavy atom. The molecule has 2 radical (unpaired) electrons. The van der Waals surface area contributed by atoms with Crippen molar-refractivity contribution in [1.82, 2.24) is 0 Å².